The summed E-state index contributed by atoms with van der Waals surface area (Å²) in [6.07, 6.45) is 3.22. The molecule has 0 aliphatic heterocycles. The maximum Gasteiger partial charge on any atom is 0.268 e. The number of methoxy groups -OCH3 is 1. The molecule has 1 aromatic heterocycles. The van der Waals surface area contributed by atoms with Crippen LogP contribution in [0.25, 0.3) is 16.8 Å². The molecule has 6 heteroatoms. The molecule has 160 valence electrons. The SMILES string of the molecule is COc1ccc(C(=O)N/C(=C\c2cccc3ccccc23)C(=O)NCc2ccco2)cc1. The first-order valence-corrected chi connectivity index (χ1v) is 10.1. The van der Waals surface area contributed by atoms with E-state index >= 15 is 0 Å². The zero-order valence-corrected chi connectivity index (χ0v) is 17.5. The molecule has 1 heterocycles. The molecule has 6 nitrogen and oxygen atoms in total. The van der Waals surface area contributed by atoms with Crippen molar-refractivity contribution in [1.82, 2.24) is 10.6 Å². The number of hydrogen-bond acceptors (Lipinski definition) is 4. The maximum atomic E-state index is 13.0. The van der Waals surface area contributed by atoms with E-state index in [1.165, 1.54) is 0 Å². The number of carbonyl (C=O) groups is 2. The monoisotopic (exact) mass is 426 g/mol. The molecule has 0 spiro atoms. The number of amides is 2. The number of furan rings is 1. The van der Waals surface area contributed by atoms with Gasteiger partial charge < -0.3 is 19.8 Å². The van der Waals surface area contributed by atoms with Crippen LogP contribution in [0.2, 0.25) is 0 Å². The van der Waals surface area contributed by atoms with Crippen LogP contribution < -0.4 is 15.4 Å². The summed E-state index contributed by atoms with van der Waals surface area (Å²) >= 11 is 0. The van der Waals surface area contributed by atoms with Gasteiger partial charge in [-0.2, -0.15) is 0 Å². The zero-order valence-electron chi connectivity index (χ0n) is 17.5. The average Bonchev–Trinajstić information content (AvgIpc) is 3.36. The Kier molecular flexibility index (Phi) is 6.32. The highest BCUT2D eigenvalue weighted by Gasteiger charge is 2.16. The summed E-state index contributed by atoms with van der Waals surface area (Å²) in [5, 5.41) is 7.56. The van der Waals surface area contributed by atoms with Crippen LogP contribution in [0.15, 0.2) is 95.2 Å². The molecular weight excluding hydrogens is 404 g/mol. The lowest BCUT2D eigenvalue weighted by molar-refractivity contribution is -0.118. The van der Waals surface area contributed by atoms with Gasteiger partial charge in [-0.1, -0.05) is 42.5 Å². The molecule has 4 aromatic rings. The van der Waals surface area contributed by atoms with E-state index in [9.17, 15) is 9.59 Å². The third-order valence-electron chi connectivity index (χ3n) is 4.97. The number of benzene rings is 3. The maximum absolute atomic E-state index is 13.0. The van der Waals surface area contributed by atoms with Crippen molar-refractivity contribution in [3.63, 3.8) is 0 Å². The van der Waals surface area contributed by atoms with Crippen molar-refractivity contribution in [1.29, 1.82) is 0 Å². The lowest BCUT2D eigenvalue weighted by Crippen LogP contribution is -2.34. The molecule has 0 radical (unpaired) electrons. The van der Waals surface area contributed by atoms with Crippen molar-refractivity contribution < 1.29 is 18.7 Å². The van der Waals surface area contributed by atoms with Gasteiger partial charge in [-0.15, -0.1) is 0 Å². The largest absolute Gasteiger partial charge is 0.497 e. The predicted octanol–water partition coefficient (Wildman–Crippen LogP) is 4.53. The number of hydrogen-bond donors (Lipinski definition) is 2. The van der Waals surface area contributed by atoms with E-state index in [4.69, 9.17) is 9.15 Å². The fraction of sp³-hybridized carbons (Fsp3) is 0.0769. The van der Waals surface area contributed by atoms with Crippen LogP contribution in [0, 0.1) is 0 Å². The quantitative estimate of drug-likeness (QED) is 0.426. The molecule has 2 amide bonds. The molecule has 0 aliphatic rings. The van der Waals surface area contributed by atoms with E-state index in [1.54, 1.807) is 55.8 Å². The van der Waals surface area contributed by atoms with Gasteiger partial charge >= 0.3 is 0 Å². The minimum Gasteiger partial charge on any atom is -0.497 e. The Balaban J connectivity index is 1.64. The van der Waals surface area contributed by atoms with E-state index in [0.29, 0.717) is 17.1 Å². The van der Waals surface area contributed by atoms with Crippen LogP contribution in [0.5, 0.6) is 5.75 Å². The summed E-state index contributed by atoms with van der Waals surface area (Å²) in [5.41, 5.74) is 1.36. The Labute approximate surface area is 185 Å². The summed E-state index contributed by atoms with van der Waals surface area (Å²) in [6, 6.07) is 23.9. The Morgan fingerprint density at radius 2 is 1.72 bits per heavy atom. The van der Waals surface area contributed by atoms with E-state index in [1.807, 2.05) is 42.5 Å². The number of fused-ring (bicyclic) bond motifs is 1. The number of carbonyl (C=O) groups excluding carboxylic acids is 2. The second-order valence-corrected chi connectivity index (χ2v) is 7.07. The zero-order chi connectivity index (χ0) is 22.3. The third kappa shape index (κ3) is 4.87. The fourth-order valence-corrected chi connectivity index (χ4v) is 3.30. The highest BCUT2D eigenvalue weighted by atomic mass is 16.5. The van der Waals surface area contributed by atoms with Crippen molar-refractivity contribution in [3.05, 3.63) is 108 Å². The lowest BCUT2D eigenvalue weighted by atomic mass is 10.0. The standard InChI is InChI=1S/C26H22N2O4/c1-31-21-13-11-19(12-14-21)25(29)28-24(26(30)27-17-22-9-5-15-32-22)16-20-8-4-7-18-6-2-3-10-23(18)20/h2-16H,17H2,1H3,(H,27,30)(H,28,29)/b24-16-. The fourth-order valence-electron chi connectivity index (χ4n) is 3.30. The molecular formula is C26H22N2O4. The van der Waals surface area contributed by atoms with Gasteiger partial charge in [-0.05, 0) is 58.8 Å². The highest BCUT2D eigenvalue weighted by Crippen LogP contribution is 2.21. The van der Waals surface area contributed by atoms with Crippen molar-refractivity contribution in [2.24, 2.45) is 0 Å². The Hall–Kier alpha value is -4.32. The summed E-state index contributed by atoms with van der Waals surface area (Å²) in [4.78, 5) is 25.8. The Morgan fingerprint density at radius 3 is 2.47 bits per heavy atom. The van der Waals surface area contributed by atoms with Crippen molar-refractivity contribution in [2.75, 3.05) is 7.11 Å². The predicted molar refractivity (Wildman–Crippen MR) is 123 cm³/mol. The summed E-state index contributed by atoms with van der Waals surface area (Å²) in [7, 11) is 1.56. The molecule has 3 aromatic carbocycles. The molecule has 4 rings (SSSR count). The van der Waals surface area contributed by atoms with Crippen LogP contribution in [-0.4, -0.2) is 18.9 Å². The number of ether oxygens (including phenoxy) is 1. The first-order chi connectivity index (χ1) is 15.6. The minimum absolute atomic E-state index is 0.133. The second-order valence-electron chi connectivity index (χ2n) is 7.07. The molecule has 0 fully saturated rings. The van der Waals surface area contributed by atoms with Crippen molar-refractivity contribution >= 4 is 28.7 Å². The molecule has 0 atom stereocenters. The summed E-state index contributed by atoms with van der Waals surface area (Å²) in [5.74, 6) is 0.442. The van der Waals surface area contributed by atoms with E-state index in [2.05, 4.69) is 10.6 Å². The van der Waals surface area contributed by atoms with Gasteiger partial charge in [-0.3, -0.25) is 9.59 Å². The summed E-state index contributed by atoms with van der Waals surface area (Å²) < 4.78 is 10.4. The van der Waals surface area contributed by atoms with Gasteiger partial charge in [0.2, 0.25) is 0 Å². The van der Waals surface area contributed by atoms with Gasteiger partial charge in [0.25, 0.3) is 11.8 Å². The van der Waals surface area contributed by atoms with Gasteiger partial charge in [0, 0.05) is 5.56 Å². The van der Waals surface area contributed by atoms with Gasteiger partial charge in [0.05, 0.1) is 19.9 Å². The second kappa shape index (κ2) is 9.66. The first kappa shape index (κ1) is 20.9. The number of rotatable bonds is 7. The van der Waals surface area contributed by atoms with Crippen molar-refractivity contribution in [2.45, 2.75) is 6.54 Å². The van der Waals surface area contributed by atoms with Crippen LogP contribution >= 0.6 is 0 Å². The van der Waals surface area contributed by atoms with Crippen LogP contribution in [0.1, 0.15) is 21.7 Å². The van der Waals surface area contributed by atoms with Crippen LogP contribution in [0.3, 0.4) is 0 Å². The molecule has 0 aliphatic carbocycles. The molecule has 0 bridgehead atoms. The van der Waals surface area contributed by atoms with Crippen LogP contribution in [0.4, 0.5) is 0 Å². The van der Waals surface area contributed by atoms with E-state index in [0.717, 1.165) is 16.3 Å². The van der Waals surface area contributed by atoms with Crippen LogP contribution in [-0.2, 0) is 11.3 Å². The third-order valence-corrected chi connectivity index (χ3v) is 4.97. The Morgan fingerprint density at radius 1 is 0.938 bits per heavy atom. The smallest absolute Gasteiger partial charge is 0.268 e. The van der Waals surface area contributed by atoms with Gasteiger partial charge in [-0.25, -0.2) is 0 Å². The summed E-state index contributed by atoms with van der Waals surface area (Å²) in [6.45, 7) is 0.205. The van der Waals surface area contributed by atoms with E-state index < -0.39 is 11.8 Å². The molecule has 0 unspecified atom stereocenters. The lowest BCUT2D eigenvalue weighted by Gasteiger charge is -2.12. The van der Waals surface area contributed by atoms with Gasteiger partial charge in [0.1, 0.15) is 17.2 Å². The minimum atomic E-state index is -0.420. The molecule has 0 saturated carbocycles. The molecule has 32 heavy (non-hydrogen) atoms. The first-order valence-electron chi connectivity index (χ1n) is 10.1. The average molecular weight is 426 g/mol. The van der Waals surface area contributed by atoms with Crippen molar-refractivity contribution in [3.8, 4) is 5.75 Å². The van der Waals surface area contributed by atoms with E-state index in [-0.39, 0.29) is 12.2 Å². The Bertz CT molecular complexity index is 1250. The normalized spacial score (nSPS) is 11.2. The highest BCUT2D eigenvalue weighted by molar-refractivity contribution is 6.06. The van der Waals surface area contributed by atoms with Gasteiger partial charge in [0.15, 0.2) is 0 Å². The number of nitrogens with one attached hydrogen (secondary N) is 2. The topological polar surface area (TPSA) is 80.6 Å². The molecule has 0 saturated heterocycles. The molecule has 2 N–H and O–H groups in total.